The van der Waals surface area contributed by atoms with Crippen molar-refractivity contribution in [2.24, 2.45) is 0 Å². The van der Waals surface area contributed by atoms with E-state index in [1.54, 1.807) is 35.0 Å². The topological polar surface area (TPSA) is 99.5 Å². The van der Waals surface area contributed by atoms with Crippen LogP contribution < -0.4 is 24.8 Å². The van der Waals surface area contributed by atoms with Crippen molar-refractivity contribution in [1.29, 1.82) is 0 Å². The van der Waals surface area contributed by atoms with Crippen LogP contribution in [-0.2, 0) is 17.2 Å². The van der Waals surface area contributed by atoms with Crippen LogP contribution in [0.25, 0.3) is 0 Å². The number of thioether (sulfide) groups is 1. The molecule has 1 aliphatic heterocycles. The van der Waals surface area contributed by atoms with Gasteiger partial charge < -0.3 is 24.8 Å². The minimum atomic E-state index is -0.721. The average Bonchev–Trinajstić information content (AvgIpc) is 3.50. The van der Waals surface area contributed by atoms with Crippen LogP contribution >= 0.6 is 35.0 Å². The molecule has 5 aromatic rings. The third-order valence-electron chi connectivity index (χ3n) is 7.76. The second-order valence-electron chi connectivity index (χ2n) is 10.9. The van der Waals surface area contributed by atoms with Gasteiger partial charge in [0.25, 0.3) is 5.91 Å². The zero-order valence-electron chi connectivity index (χ0n) is 26.8. The molecule has 1 amide bonds. The summed E-state index contributed by atoms with van der Waals surface area (Å²) in [6.07, 6.45) is 0. The Bertz CT molecular complexity index is 2020. The average molecular weight is 721 g/mol. The van der Waals surface area contributed by atoms with Gasteiger partial charge >= 0.3 is 0 Å². The van der Waals surface area contributed by atoms with E-state index in [1.165, 1.54) is 31.0 Å². The molecular weight excluding hydrogens is 688 g/mol. The van der Waals surface area contributed by atoms with Gasteiger partial charge in [-0.3, -0.25) is 4.79 Å². The summed E-state index contributed by atoms with van der Waals surface area (Å²) in [5.41, 5.74) is 3.37. The Morgan fingerprint density at radius 1 is 0.980 bits per heavy atom. The second kappa shape index (κ2) is 15.2. The summed E-state index contributed by atoms with van der Waals surface area (Å²) >= 11 is 14.1. The molecule has 6 rings (SSSR count). The van der Waals surface area contributed by atoms with Crippen LogP contribution in [0.3, 0.4) is 0 Å². The highest BCUT2D eigenvalue weighted by Crippen LogP contribution is 2.41. The van der Waals surface area contributed by atoms with Gasteiger partial charge in [0.15, 0.2) is 11.5 Å². The highest BCUT2D eigenvalue weighted by Gasteiger charge is 2.35. The van der Waals surface area contributed by atoms with Crippen molar-refractivity contribution in [3.8, 4) is 17.2 Å². The lowest BCUT2D eigenvalue weighted by atomic mass is 9.94. The van der Waals surface area contributed by atoms with Gasteiger partial charge in [0.05, 0.1) is 30.0 Å². The number of amides is 1. The molecule has 9 nitrogen and oxygen atoms in total. The largest absolute Gasteiger partial charge is 0.493 e. The fraction of sp³-hybridized carbons (Fsp3) is 0.194. The van der Waals surface area contributed by atoms with E-state index in [4.69, 9.17) is 47.5 Å². The number of hydrogen-bond acceptors (Lipinski definition) is 8. The van der Waals surface area contributed by atoms with E-state index >= 15 is 0 Å². The lowest BCUT2D eigenvalue weighted by Crippen LogP contribution is -2.31. The number of halogens is 3. The van der Waals surface area contributed by atoms with Gasteiger partial charge in [-0.1, -0.05) is 77.4 Å². The monoisotopic (exact) mass is 719 g/mol. The minimum Gasteiger partial charge on any atom is -0.493 e. The number of methoxy groups -OCH3 is 1. The van der Waals surface area contributed by atoms with E-state index in [-0.39, 0.29) is 23.1 Å². The number of rotatable bonds is 12. The maximum atomic E-state index is 14.5. The Labute approximate surface area is 297 Å². The number of ether oxygens (including phenoxy) is 3. The molecule has 252 valence electrons. The van der Waals surface area contributed by atoms with Gasteiger partial charge in [-0.2, -0.15) is 4.98 Å². The van der Waals surface area contributed by atoms with Gasteiger partial charge in [-0.05, 0) is 67.4 Å². The molecule has 1 aromatic heterocycles. The summed E-state index contributed by atoms with van der Waals surface area (Å²) in [5.74, 6) is 1.47. The van der Waals surface area contributed by atoms with Crippen LogP contribution in [-0.4, -0.2) is 34.4 Å². The molecule has 0 bridgehead atoms. The molecule has 0 aliphatic carbocycles. The van der Waals surface area contributed by atoms with E-state index in [9.17, 15) is 9.18 Å². The molecule has 1 aliphatic rings. The summed E-state index contributed by atoms with van der Waals surface area (Å²) in [4.78, 5) is 18.9. The fourth-order valence-corrected chi connectivity index (χ4v) is 6.72. The van der Waals surface area contributed by atoms with Crippen molar-refractivity contribution in [3.63, 3.8) is 0 Å². The van der Waals surface area contributed by atoms with Crippen LogP contribution in [0.2, 0.25) is 10.0 Å². The Balaban J connectivity index is 1.36. The zero-order chi connectivity index (χ0) is 34.5. The van der Waals surface area contributed by atoms with Crippen molar-refractivity contribution in [1.82, 2.24) is 14.8 Å². The number of nitrogens with zero attached hydrogens (tertiary/aromatic N) is 3. The molecule has 0 spiro atoms. The van der Waals surface area contributed by atoms with E-state index in [1.807, 2.05) is 56.3 Å². The molecule has 13 heteroatoms. The lowest BCUT2D eigenvalue weighted by Gasteiger charge is -2.29. The minimum absolute atomic E-state index is 0.111. The number of allylic oxidation sites excluding steroid dienone is 1. The first-order chi connectivity index (χ1) is 23.8. The Morgan fingerprint density at radius 3 is 2.53 bits per heavy atom. The maximum absolute atomic E-state index is 14.5. The Kier molecular flexibility index (Phi) is 10.6. The molecule has 49 heavy (non-hydrogen) atoms. The third-order valence-corrected chi connectivity index (χ3v) is 9.37. The molecule has 0 radical (unpaired) electrons. The molecule has 1 atom stereocenters. The Hall–Kier alpha value is -4.71. The van der Waals surface area contributed by atoms with E-state index in [2.05, 4.69) is 10.6 Å². The predicted molar refractivity (Wildman–Crippen MR) is 190 cm³/mol. The number of hydrogen-bond donors (Lipinski definition) is 2. The van der Waals surface area contributed by atoms with Crippen molar-refractivity contribution >= 4 is 52.5 Å². The number of nitrogens with one attached hydrogen (secondary N) is 2. The van der Waals surface area contributed by atoms with Crippen LogP contribution in [0.1, 0.15) is 36.6 Å². The maximum Gasteiger partial charge on any atom is 0.255 e. The highest BCUT2D eigenvalue weighted by atomic mass is 35.5. The Morgan fingerprint density at radius 2 is 1.76 bits per heavy atom. The summed E-state index contributed by atoms with van der Waals surface area (Å²) in [5, 5.41) is 12.6. The van der Waals surface area contributed by atoms with Crippen molar-refractivity contribution < 1.29 is 23.4 Å². The summed E-state index contributed by atoms with van der Waals surface area (Å²) in [6, 6.07) is 23.9. The van der Waals surface area contributed by atoms with Crippen LogP contribution in [0.15, 0.2) is 101 Å². The van der Waals surface area contributed by atoms with Gasteiger partial charge in [-0.25, -0.2) is 9.07 Å². The van der Waals surface area contributed by atoms with E-state index in [0.717, 1.165) is 5.56 Å². The molecule has 2 N–H and O–H groups in total. The first kappa shape index (κ1) is 34.2. The van der Waals surface area contributed by atoms with E-state index < -0.39 is 11.9 Å². The first-order valence-corrected chi connectivity index (χ1v) is 17.1. The summed E-state index contributed by atoms with van der Waals surface area (Å²) in [7, 11) is 1.51. The van der Waals surface area contributed by atoms with Gasteiger partial charge in [0.1, 0.15) is 24.2 Å². The predicted octanol–water partition coefficient (Wildman–Crippen LogP) is 8.93. The zero-order valence-corrected chi connectivity index (χ0v) is 29.1. The summed E-state index contributed by atoms with van der Waals surface area (Å²) < 4.78 is 33.6. The molecule has 0 saturated carbocycles. The number of carbonyl (C=O) groups is 1. The normalized spacial score (nSPS) is 13.8. The first-order valence-electron chi connectivity index (χ1n) is 15.3. The quantitative estimate of drug-likeness (QED) is 0.123. The van der Waals surface area contributed by atoms with Crippen molar-refractivity contribution in [2.45, 2.75) is 37.4 Å². The SMILES string of the molecule is CCOc1ccccc1NC(=O)C1=C(C)Nc2nc(SCc3ccccc3Cl)nn2C1c1ccc(OCc2c(F)cccc2Cl)c(OC)c1. The van der Waals surface area contributed by atoms with Crippen LogP contribution in [0.4, 0.5) is 16.0 Å². The number of carbonyl (C=O) groups excluding carboxylic acids is 1. The molecule has 2 heterocycles. The van der Waals surface area contributed by atoms with Crippen molar-refractivity contribution in [2.75, 3.05) is 24.4 Å². The standard InChI is InChI=1S/C36H32Cl2FN5O4S/c1-4-47-29-15-8-7-14-28(29)41-34(45)32-21(2)40-35-42-36(49-20-23-10-5-6-11-25(23)37)43-44(35)33(32)22-16-17-30(31(18-22)46-3)48-19-24-26(38)12-9-13-27(24)39/h5-18,33H,4,19-20H2,1-3H3,(H,41,45)(H,40,42,43). The number of para-hydroxylation sites is 2. The number of benzene rings is 4. The van der Waals surface area contributed by atoms with E-state index in [0.29, 0.717) is 68.3 Å². The lowest BCUT2D eigenvalue weighted by molar-refractivity contribution is -0.113. The third kappa shape index (κ3) is 7.49. The van der Waals surface area contributed by atoms with Crippen molar-refractivity contribution in [3.05, 3.63) is 129 Å². The molecule has 4 aromatic carbocycles. The number of anilines is 2. The highest BCUT2D eigenvalue weighted by molar-refractivity contribution is 7.98. The second-order valence-corrected chi connectivity index (χ2v) is 12.6. The molecule has 0 saturated heterocycles. The van der Waals surface area contributed by atoms with Gasteiger partial charge in [-0.15, -0.1) is 5.10 Å². The smallest absolute Gasteiger partial charge is 0.255 e. The summed E-state index contributed by atoms with van der Waals surface area (Å²) in [6.45, 7) is 4.02. The van der Waals surface area contributed by atoms with Gasteiger partial charge in [0, 0.05) is 22.0 Å². The number of aromatic nitrogens is 3. The van der Waals surface area contributed by atoms with Gasteiger partial charge in [0.2, 0.25) is 11.1 Å². The molecule has 1 unspecified atom stereocenters. The van der Waals surface area contributed by atoms with Crippen LogP contribution in [0.5, 0.6) is 17.2 Å². The molecule has 0 fully saturated rings. The number of fused-ring (bicyclic) bond motifs is 1. The molecular formula is C36H32Cl2FN5O4S. The fourth-order valence-electron chi connectivity index (χ4n) is 5.39. The van der Waals surface area contributed by atoms with Crippen LogP contribution in [0, 0.1) is 5.82 Å².